The summed E-state index contributed by atoms with van der Waals surface area (Å²) in [6.45, 7) is 5.71. The van der Waals surface area contributed by atoms with Crippen molar-refractivity contribution in [1.29, 1.82) is 0 Å². The normalized spacial score (nSPS) is 17.8. The predicted molar refractivity (Wildman–Crippen MR) is 86.7 cm³/mol. The van der Waals surface area contributed by atoms with Crippen LogP contribution in [0.3, 0.4) is 0 Å². The average Bonchev–Trinajstić information content (AvgIpc) is 3.23. The second-order valence-electron chi connectivity index (χ2n) is 5.83. The summed E-state index contributed by atoms with van der Waals surface area (Å²) in [7, 11) is 1.76. The van der Waals surface area contributed by atoms with Crippen LogP contribution in [0.1, 0.15) is 34.6 Å². The number of ketones is 1. The third-order valence-electron chi connectivity index (χ3n) is 4.20. The summed E-state index contributed by atoms with van der Waals surface area (Å²) in [5.41, 5.74) is 2.90. The van der Waals surface area contributed by atoms with Crippen molar-refractivity contribution < 1.29 is 9.53 Å². The van der Waals surface area contributed by atoms with Gasteiger partial charge in [0.25, 0.3) is 0 Å². The third kappa shape index (κ3) is 3.48. The summed E-state index contributed by atoms with van der Waals surface area (Å²) < 4.78 is 9.47. The molecule has 23 heavy (non-hydrogen) atoms. The smallest absolute Gasteiger partial charge is 0.209 e. The molecule has 0 radical (unpaired) electrons. The van der Waals surface area contributed by atoms with E-state index in [1.165, 1.54) is 11.8 Å². The molecule has 1 atom stereocenters. The average molecular weight is 335 g/mol. The van der Waals surface area contributed by atoms with Crippen LogP contribution in [-0.2, 0) is 18.3 Å². The number of carbonyl (C=O) groups is 1. The van der Waals surface area contributed by atoms with Crippen molar-refractivity contribution >= 4 is 17.5 Å². The first-order valence-electron chi connectivity index (χ1n) is 7.73. The number of thioether (sulfide) groups is 1. The number of ether oxygens (including phenoxy) is 1. The van der Waals surface area contributed by atoms with E-state index in [2.05, 4.69) is 20.1 Å². The van der Waals surface area contributed by atoms with Crippen molar-refractivity contribution in [3.05, 3.63) is 23.0 Å². The Labute approximate surface area is 139 Å². The first-order chi connectivity index (χ1) is 11.1. The molecular weight excluding hydrogens is 314 g/mol. The molecule has 0 amide bonds. The van der Waals surface area contributed by atoms with Crippen LogP contribution >= 0.6 is 11.8 Å². The van der Waals surface area contributed by atoms with Crippen LogP contribution in [0.25, 0.3) is 0 Å². The molecule has 0 bridgehead atoms. The Balaban J connectivity index is 1.69. The van der Waals surface area contributed by atoms with Crippen molar-refractivity contribution in [2.45, 2.75) is 44.5 Å². The largest absolute Gasteiger partial charge is 0.376 e. The lowest BCUT2D eigenvalue weighted by Gasteiger charge is -2.14. The van der Waals surface area contributed by atoms with Crippen LogP contribution in [0.5, 0.6) is 0 Å². The van der Waals surface area contributed by atoms with Crippen molar-refractivity contribution in [3.8, 4) is 0 Å². The molecule has 3 heterocycles. The molecule has 0 N–H and O–H groups in total. The van der Waals surface area contributed by atoms with Crippen molar-refractivity contribution in [3.63, 3.8) is 0 Å². The SMILES string of the molecule is Cc1cc(C(=O)CSc2nnnn2C)c(C)n1C[C@H]1CCCO1. The molecule has 0 aliphatic carbocycles. The summed E-state index contributed by atoms with van der Waals surface area (Å²) in [4.78, 5) is 12.5. The molecule has 1 fully saturated rings. The molecule has 0 unspecified atom stereocenters. The molecule has 1 saturated heterocycles. The minimum Gasteiger partial charge on any atom is -0.376 e. The zero-order valence-corrected chi connectivity index (χ0v) is 14.5. The number of carbonyl (C=O) groups excluding carboxylic acids is 1. The van der Waals surface area contributed by atoms with Gasteiger partial charge in [0.1, 0.15) is 0 Å². The molecule has 3 rings (SSSR count). The molecule has 2 aromatic rings. The highest BCUT2D eigenvalue weighted by Gasteiger charge is 2.21. The first-order valence-corrected chi connectivity index (χ1v) is 8.71. The van der Waals surface area contributed by atoms with E-state index in [0.717, 1.165) is 42.9 Å². The lowest BCUT2D eigenvalue weighted by Crippen LogP contribution is -2.17. The van der Waals surface area contributed by atoms with Crippen LogP contribution in [0, 0.1) is 13.8 Å². The zero-order chi connectivity index (χ0) is 16.4. The lowest BCUT2D eigenvalue weighted by molar-refractivity contribution is 0.0957. The van der Waals surface area contributed by atoms with E-state index in [9.17, 15) is 4.79 Å². The summed E-state index contributed by atoms with van der Waals surface area (Å²) in [5.74, 6) is 0.433. The van der Waals surface area contributed by atoms with E-state index in [0.29, 0.717) is 10.9 Å². The third-order valence-corrected chi connectivity index (χ3v) is 5.21. The fourth-order valence-electron chi connectivity index (χ4n) is 2.91. The topological polar surface area (TPSA) is 74.8 Å². The number of aryl methyl sites for hydroxylation is 2. The van der Waals surface area contributed by atoms with Gasteiger partial charge >= 0.3 is 0 Å². The molecule has 0 aromatic carbocycles. The van der Waals surface area contributed by atoms with Gasteiger partial charge in [0, 0.05) is 37.2 Å². The molecule has 0 saturated carbocycles. The first kappa shape index (κ1) is 16.2. The van der Waals surface area contributed by atoms with Gasteiger partial charge < -0.3 is 9.30 Å². The maximum absolute atomic E-state index is 12.5. The van der Waals surface area contributed by atoms with E-state index in [-0.39, 0.29) is 11.9 Å². The molecule has 2 aromatic heterocycles. The van der Waals surface area contributed by atoms with Crippen LogP contribution in [0.2, 0.25) is 0 Å². The number of aromatic nitrogens is 5. The second kappa shape index (κ2) is 6.84. The van der Waals surface area contributed by atoms with Crippen LogP contribution < -0.4 is 0 Å². The predicted octanol–water partition coefficient (Wildman–Crippen LogP) is 1.78. The maximum atomic E-state index is 12.5. The Morgan fingerprint density at radius 2 is 2.30 bits per heavy atom. The number of hydrogen-bond acceptors (Lipinski definition) is 6. The van der Waals surface area contributed by atoms with Crippen LogP contribution in [0.15, 0.2) is 11.2 Å². The van der Waals surface area contributed by atoms with Crippen LogP contribution in [-0.4, -0.2) is 49.0 Å². The molecule has 8 heteroatoms. The highest BCUT2D eigenvalue weighted by atomic mass is 32.2. The number of rotatable bonds is 6. The van der Waals surface area contributed by atoms with E-state index >= 15 is 0 Å². The van der Waals surface area contributed by atoms with E-state index in [1.54, 1.807) is 11.7 Å². The van der Waals surface area contributed by atoms with Gasteiger partial charge in [-0.25, -0.2) is 4.68 Å². The minimum atomic E-state index is 0.102. The maximum Gasteiger partial charge on any atom is 0.209 e. The Hall–Kier alpha value is -1.67. The summed E-state index contributed by atoms with van der Waals surface area (Å²) in [5, 5.41) is 11.9. The summed E-state index contributed by atoms with van der Waals surface area (Å²) in [6, 6.07) is 1.97. The fourth-order valence-corrected chi connectivity index (χ4v) is 3.64. The van der Waals surface area contributed by atoms with Gasteiger partial charge in [-0.3, -0.25) is 4.79 Å². The molecular formula is C15H21N5O2S. The Kier molecular flexibility index (Phi) is 4.82. The van der Waals surface area contributed by atoms with E-state index < -0.39 is 0 Å². The zero-order valence-electron chi connectivity index (χ0n) is 13.7. The van der Waals surface area contributed by atoms with Gasteiger partial charge in [0.15, 0.2) is 5.78 Å². The number of hydrogen-bond donors (Lipinski definition) is 0. The van der Waals surface area contributed by atoms with Crippen molar-refractivity contribution in [1.82, 2.24) is 24.8 Å². The minimum absolute atomic E-state index is 0.102. The number of Topliss-reactive ketones (excluding diaryl/α,β-unsaturated/α-hetero) is 1. The van der Waals surface area contributed by atoms with Gasteiger partial charge in [-0.1, -0.05) is 11.8 Å². The van der Waals surface area contributed by atoms with Gasteiger partial charge in [-0.2, -0.15) is 0 Å². The standard InChI is InChI=1S/C15H21N5O2S/c1-10-7-13(11(2)20(10)8-12-5-4-6-22-12)14(21)9-23-15-16-17-18-19(15)3/h7,12H,4-6,8-9H2,1-3H3/t12-/m1/s1. The molecule has 1 aliphatic rings. The van der Waals surface area contributed by atoms with E-state index in [4.69, 9.17) is 4.74 Å². The summed E-state index contributed by atoms with van der Waals surface area (Å²) >= 11 is 1.36. The van der Waals surface area contributed by atoms with Crippen molar-refractivity contribution in [2.75, 3.05) is 12.4 Å². The fraction of sp³-hybridized carbons (Fsp3) is 0.600. The molecule has 1 aliphatic heterocycles. The van der Waals surface area contributed by atoms with E-state index in [1.807, 2.05) is 19.9 Å². The highest BCUT2D eigenvalue weighted by molar-refractivity contribution is 7.99. The Morgan fingerprint density at radius 1 is 1.48 bits per heavy atom. The van der Waals surface area contributed by atoms with Crippen molar-refractivity contribution in [2.24, 2.45) is 7.05 Å². The van der Waals surface area contributed by atoms with Gasteiger partial charge in [0.2, 0.25) is 5.16 Å². The van der Waals surface area contributed by atoms with Gasteiger partial charge in [-0.15, -0.1) is 5.10 Å². The second-order valence-corrected chi connectivity index (χ2v) is 6.77. The van der Waals surface area contributed by atoms with Crippen LogP contribution in [0.4, 0.5) is 0 Å². The lowest BCUT2D eigenvalue weighted by atomic mass is 10.2. The molecule has 0 spiro atoms. The monoisotopic (exact) mass is 335 g/mol. The highest BCUT2D eigenvalue weighted by Crippen LogP contribution is 2.22. The van der Waals surface area contributed by atoms with Gasteiger partial charge in [-0.05, 0) is 43.2 Å². The summed E-state index contributed by atoms with van der Waals surface area (Å²) in [6.07, 6.45) is 2.48. The number of nitrogens with zero attached hydrogens (tertiary/aromatic N) is 5. The quantitative estimate of drug-likeness (QED) is 0.592. The molecule has 7 nitrogen and oxygen atoms in total. The number of tetrazole rings is 1. The Bertz CT molecular complexity index is 703. The Morgan fingerprint density at radius 3 is 2.96 bits per heavy atom. The van der Waals surface area contributed by atoms with Gasteiger partial charge in [0.05, 0.1) is 11.9 Å². The molecule has 124 valence electrons.